The maximum atomic E-state index is 13.3. The lowest BCUT2D eigenvalue weighted by Crippen LogP contribution is -2.44. The van der Waals surface area contributed by atoms with Crippen molar-refractivity contribution in [3.63, 3.8) is 0 Å². The van der Waals surface area contributed by atoms with Crippen LogP contribution in [0, 0.1) is 13.8 Å². The highest BCUT2D eigenvalue weighted by atomic mass is 16.5. The molecule has 3 aromatic heterocycles. The molecular weight excluding hydrogens is 454 g/mol. The molecule has 182 valence electrons. The van der Waals surface area contributed by atoms with Crippen LogP contribution in [0.3, 0.4) is 0 Å². The number of pyridine rings is 2. The third kappa shape index (κ3) is 4.64. The number of fused-ring (bicyclic) bond motifs is 4. The summed E-state index contributed by atoms with van der Waals surface area (Å²) in [6.07, 6.45) is 2.74. The molecule has 1 fully saturated rings. The molecule has 0 spiro atoms. The van der Waals surface area contributed by atoms with Crippen LogP contribution in [0.5, 0.6) is 5.75 Å². The fourth-order valence-corrected chi connectivity index (χ4v) is 4.39. The maximum absolute atomic E-state index is 13.3. The number of hydrogen-bond acceptors (Lipinski definition) is 8. The van der Waals surface area contributed by atoms with E-state index in [9.17, 15) is 14.4 Å². The van der Waals surface area contributed by atoms with Gasteiger partial charge >= 0.3 is 0 Å². The van der Waals surface area contributed by atoms with E-state index >= 15 is 0 Å². The lowest BCUT2D eigenvalue weighted by Gasteiger charge is -2.20. The second-order valence-corrected chi connectivity index (χ2v) is 8.65. The van der Waals surface area contributed by atoms with Crippen molar-refractivity contribution in [3.8, 4) is 5.75 Å². The highest BCUT2D eigenvalue weighted by Gasteiger charge is 2.39. The zero-order valence-electron chi connectivity index (χ0n) is 19.4. The zero-order chi connectivity index (χ0) is 24.5. The largest absolute Gasteiger partial charge is 0.489 e. The molecule has 2 N–H and O–H groups in total. The Labute approximate surface area is 200 Å². The summed E-state index contributed by atoms with van der Waals surface area (Å²) in [5.41, 5.74) is 1.66. The number of aryl methyl sites for hydroxylation is 2. The Morgan fingerprint density at radius 3 is 2.91 bits per heavy atom. The van der Waals surface area contributed by atoms with E-state index in [1.54, 1.807) is 42.9 Å². The van der Waals surface area contributed by atoms with E-state index < -0.39 is 29.5 Å². The quantitative estimate of drug-likeness (QED) is 0.504. The second-order valence-electron chi connectivity index (χ2n) is 8.65. The van der Waals surface area contributed by atoms with Crippen molar-refractivity contribution in [3.05, 3.63) is 69.2 Å². The number of nitrogens with zero attached hydrogens (tertiary/aromatic N) is 5. The monoisotopic (exact) mass is 479 g/mol. The topological polar surface area (TPSA) is 144 Å². The van der Waals surface area contributed by atoms with Crippen molar-refractivity contribution in [2.45, 2.75) is 39.1 Å². The van der Waals surface area contributed by atoms with Gasteiger partial charge in [0.25, 0.3) is 17.4 Å². The van der Waals surface area contributed by atoms with Crippen LogP contribution in [0.2, 0.25) is 0 Å². The number of likely N-dealkylation sites (tertiary alicyclic amines) is 1. The van der Waals surface area contributed by atoms with Crippen LogP contribution in [0.15, 0.2) is 35.4 Å². The fraction of sp³-hybridized carbons (Fsp3) is 0.391. The predicted molar refractivity (Wildman–Crippen MR) is 122 cm³/mol. The Morgan fingerprint density at radius 1 is 1.23 bits per heavy atom. The van der Waals surface area contributed by atoms with Gasteiger partial charge < -0.3 is 24.7 Å². The van der Waals surface area contributed by atoms with Crippen LogP contribution in [0.4, 0.5) is 0 Å². The molecule has 0 unspecified atom stereocenters. The summed E-state index contributed by atoms with van der Waals surface area (Å²) in [7, 11) is 0. The smallest absolute Gasteiger partial charge is 0.274 e. The summed E-state index contributed by atoms with van der Waals surface area (Å²) >= 11 is 0. The number of H-pyrrole nitrogens is 1. The lowest BCUT2D eigenvalue weighted by atomic mass is 10.1. The Morgan fingerprint density at radius 2 is 2.09 bits per heavy atom. The number of carbonyl (C=O) groups excluding carboxylic acids is 2. The molecule has 3 aromatic rings. The molecule has 5 heterocycles. The van der Waals surface area contributed by atoms with Gasteiger partial charge in [-0.05, 0) is 37.6 Å². The minimum Gasteiger partial charge on any atom is -0.489 e. The molecule has 5 rings (SSSR count). The predicted octanol–water partition coefficient (Wildman–Crippen LogP) is 0.210. The first-order valence-corrected chi connectivity index (χ1v) is 11.3. The molecule has 12 heteroatoms. The summed E-state index contributed by atoms with van der Waals surface area (Å²) < 4.78 is 13.5. The van der Waals surface area contributed by atoms with Gasteiger partial charge in [-0.15, -0.1) is 5.10 Å². The van der Waals surface area contributed by atoms with E-state index in [1.165, 1.54) is 11.1 Å². The van der Waals surface area contributed by atoms with Crippen molar-refractivity contribution >= 4 is 11.8 Å². The number of carbonyl (C=O) groups is 2. The molecular formula is C23H25N7O5. The van der Waals surface area contributed by atoms with E-state index in [1.807, 2.05) is 0 Å². The molecule has 0 saturated carbocycles. The van der Waals surface area contributed by atoms with Crippen LogP contribution >= 0.6 is 0 Å². The zero-order valence-corrected chi connectivity index (χ0v) is 19.4. The Hall–Kier alpha value is -4.06. The SMILES string of the molecule is Cc1cc(C)c(C(=O)N2C[C@@H]3NC(=O)c4ncccc4OCCn4cc(nn4)CO[C@H]3C2)c(=O)[nH]1. The first-order valence-electron chi connectivity index (χ1n) is 11.3. The van der Waals surface area contributed by atoms with Crippen LogP contribution in [0.25, 0.3) is 0 Å². The summed E-state index contributed by atoms with van der Waals surface area (Å²) in [5, 5.41) is 11.1. The van der Waals surface area contributed by atoms with Gasteiger partial charge in [-0.2, -0.15) is 0 Å². The average molecular weight is 479 g/mol. The van der Waals surface area contributed by atoms with Crippen molar-refractivity contribution in [1.82, 2.24) is 35.2 Å². The number of hydrogen-bond donors (Lipinski definition) is 2. The Balaban J connectivity index is 1.44. The van der Waals surface area contributed by atoms with Gasteiger partial charge in [0.1, 0.15) is 17.9 Å². The van der Waals surface area contributed by atoms with Crippen LogP contribution < -0.4 is 15.6 Å². The van der Waals surface area contributed by atoms with Gasteiger partial charge in [0, 0.05) is 25.0 Å². The summed E-state index contributed by atoms with van der Waals surface area (Å²) in [4.78, 5) is 47.4. The van der Waals surface area contributed by atoms with E-state index in [0.29, 0.717) is 29.2 Å². The molecule has 1 saturated heterocycles. The van der Waals surface area contributed by atoms with Gasteiger partial charge in [0.2, 0.25) is 0 Å². The molecule has 2 bridgehead atoms. The third-order valence-electron chi connectivity index (χ3n) is 6.04. The third-order valence-corrected chi connectivity index (χ3v) is 6.04. The molecule has 12 nitrogen and oxygen atoms in total. The number of amides is 2. The highest BCUT2D eigenvalue weighted by Crippen LogP contribution is 2.21. The molecule has 2 aliphatic heterocycles. The van der Waals surface area contributed by atoms with Crippen LogP contribution in [-0.2, 0) is 17.9 Å². The first kappa shape index (κ1) is 22.7. The Bertz CT molecular complexity index is 1330. The number of rotatable bonds is 1. The average Bonchev–Trinajstić information content (AvgIpc) is 3.43. The van der Waals surface area contributed by atoms with Gasteiger partial charge in [0.05, 0.1) is 31.5 Å². The molecule has 2 atom stereocenters. The number of ether oxygens (including phenoxy) is 2. The van der Waals surface area contributed by atoms with E-state index in [4.69, 9.17) is 9.47 Å². The molecule has 0 radical (unpaired) electrons. The second kappa shape index (κ2) is 9.29. The fourth-order valence-electron chi connectivity index (χ4n) is 4.39. The van der Waals surface area contributed by atoms with Crippen LogP contribution in [-0.4, -0.2) is 73.5 Å². The first-order chi connectivity index (χ1) is 16.9. The van der Waals surface area contributed by atoms with E-state index in [-0.39, 0.29) is 37.6 Å². The van der Waals surface area contributed by atoms with Crippen molar-refractivity contribution in [2.24, 2.45) is 0 Å². The highest BCUT2D eigenvalue weighted by molar-refractivity contribution is 5.96. The Kier molecular flexibility index (Phi) is 6.03. The molecule has 35 heavy (non-hydrogen) atoms. The summed E-state index contributed by atoms with van der Waals surface area (Å²) in [6, 6.07) is 4.58. The number of aromatic nitrogens is 5. The van der Waals surface area contributed by atoms with Gasteiger partial charge in [-0.3, -0.25) is 14.4 Å². The summed E-state index contributed by atoms with van der Waals surface area (Å²) in [6.45, 7) is 4.70. The standard InChI is InChI=1S/C23H25N7O5/c1-13-8-14(2)25-21(31)19(13)23(33)29-10-16-18(11-29)35-12-15-9-30(28-27-15)6-7-34-17-4-3-5-24-20(17)22(32)26-16/h3-5,8-9,16,18H,6-7,10-12H2,1-2H3,(H,25,31)(H,26,32)/t16-,18-/m0/s1. The van der Waals surface area contributed by atoms with E-state index in [0.717, 1.165) is 0 Å². The normalized spacial score (nSPS) is 20.3. The van der Waals surface area contributed by atoms with E-state index in [2.05, 4.69) is 25.6 Å². The number of aromatic amines is 1. The molecule has 0 aliphatic carbocycles. The minimum atomic E-state index is -0.538. The van der Waals surface area contributed by atoms with Gasteiger partial charge in [-0.1, -0.05) is 5.21 Å². The van der Waals surface area contributed by atoms with Crippen molar-refractivity contribution < 1.29 is 19.1 Å². The van der Waals surface area contributed by atoms with Gasteiger partial charge in [0.15, 0.2) is 11.4 Å². The van der Waals surface area contributed by atoms with Gasteiger partial charge in [-0.25, -0.2) is 9.67 Å². The maximum Gasteiger partial charge on any atom is 0.274 e. The van der Waals surface area contributed by atoms with Crippen molar-refractivity contribution in [2.75, 3.05) is 19.7 Å². The lowest BCUT2D eigenvalue weighted by molar-refractivity contribution is 0.0289. The summed E-state index contributed by atoms with van der Waals surface area (Å²) in [5.74, 6) is -0.515. The minimum absolute atomic E-state index is 0.0792. The van der Waals surface area contributed by atoms with Crippen molar-refractivity contribution in [1.29, 1.82) is 0 Å². The number of nitrogens with one attached hydrogen (secondary N) is 2. The molecule has 0 aromatic carbocycles. The molecule has 2 amide bonds. The van der Waals surface area contributed by atoms with Crippen LogP contribution in [0.1, 0.15) is 37.8 Å². The molecule has 2 aliphatic rings.